The van der Waals surface area contributed by atoms with Gasteiger partial charge in [-0.2, -0.15) is 5.26 Å². The number of carbonyl (C=O) groups is 2. The van der Waals surface area contributed by atoms with Crippen molar-refractivity contribution in [1.29, 1.82) is 5.26 Å². The summed E-state index contributed by atoms with van der Waals surface area (Å²) in [4.78, 5) is 23.6. The molecule has 0 saturated carbocycles. The van der Waals surface area contributed by atoms with Gasteiger partial charge in [0.25, 0.3) is 0 Å². The molecule has 0 atom stereocenters. The minimum absolute atomic E-state index is 0.0742. The van der Waals surface area contributed by atoms with Crippen LogP contribution in [0.15, 0.2) is 54.1 Å². The van der Waals surface area contributed by atoms with Crippen molar-refractivity contribution in [2.24, 2.45) is 0 Å². The summed E-state index contributed by atoms with van der Waals surface area (Å²) in [6.45, 7) is 1.79. The Morgan fingerprint density at radius 2 is 1.96 bits per heavy atom. The van der Waals surface area contributed by atoms with Gasteiger partial charge in [0.15, 0.2) is 0 Å². The molecule has 0 saturated heterocycles. The minimum atomic E-state index is -0.729. The molecular formula is C19H14FNO4. The van der Waals surface area contributed by atoms with Gasteiger partial charge in [-0.3, -0.25) is 0 Å². The Morgan fingerprint density at radius 1 is 1.20 bits per heavy atom. The van der Waals surface area contributed by atoms with Crippen molar-refractivity contribution < 1.29 is 23.5 Å². The average Bonchev–Trinajstić information content (AvgIpc) is 2.60. The van der Waals surface area contributed by atoms with E-state index < -0.39 is 17.8 Å². The van der Waals surface area contributed by atoms with E-state index in [1.165, 1.54) is 36.4 Å². The Balaban J connectivity index is 2.20. The second-order valence-electron chi connectivity index (χ2n) is 4.86. The van der Waals surface area contributed by atoms with Gasteiger partial charge in [0.1, 0.15) is 23.2 Å². The third kappa shape index (κ3) is 5.01. The summed E-state index contributed by atoms with van der Waals surface area (Å²) in [5.74, 6) is -1.79. The minimum Gasteiger partial charge on any atom is -0.462 e. The number of ether oxygens (including phenoxy) is 2. The van der Waals surface area contributed by atoms with Crippen molar-refractivity contribution >= 4 is 18.0 Å². The summed E-state index contributed by atoms with van der Waals surface area (Å²) in [6.07, 6.45) is 1.33. The Bertz CT molecular complexity index is 868. The number of nitriles is 1. The largest absolute Gasteiger partial charge is 0.462 e. The maximum absolute atomic E-state index is 13.2. The lowest BCUT2D eigenvalue weighted by Crippen LogP contribution is -2.08. The molecule has 0 radical (unpaired) electrons. The second-order valence-corrected chi connectivity index (χ2v) is 4.86. The predicted octanol–water partition coefficient (Wildman–Crippen LogP) is 3.51. The highest BCUT2D eigenvalue weighted by Gasteiger charge is 2.12. The van der Waals surface area contributed by atoms with Gasteiger partial charge in [0.2, 0.25) is 0 Å². The average molecular weight is 339 g/mol. The van der Waals surface area contributed by atoms with Gasteiger partial charge in [0.05, 0.1) is 12.2 Å². The molecule has 2 aromatic rings. The van der Waals surface area contributed by atoms with Crippen LogP contribution in [-0.2, 0) is 9.53 Å². The van der Waals surface area contributed by atoms with Crippen molar-refractivity contribution in [3.63, 3.8) is 0 Å². The molecule has 0 amide bonds. The van der Waals surface area contributed by atoms with Crippen LogP contribution in [0.25, 0.3) is 6.08 Å². The Kier molecular flexibility index (Phi) is 6.02. The predicted molar refractivity (Wildman–Crippen MR) is 88.0 cm³/mol. The molecule has 0 aliphatic heterocycles. The number of carbonyl (C=O) groups excluding carboxylic acids is 2. The first-order chi connectivity index (χ1) is 12.0. The molecule has 25 heavy (non-hydrogen) atoms. The highest BCUT2D eigenvalue weighted by Crippen LogP contribution is 2.18. The Morgan fingerprint density at radius 3 is 2.64 bits per heavy atom. The smallest absolute Gasteiger partial charge is 0.348 e. The maximum Gasteiger partial charge on any atom is 0.348 e. The first-order valence-electron chi connectivity index (χ1n) is 7.40. The number of hydrogen-bond donors (Lipinski definition) is 0. The molecule has 0 spiro atoms. The molecule has 0 bridgehead atoms. The highest BCUT2D eigenvalue weighted by atomic mass is 19.1. The first-order valence-corrected chi connectivity index (χ1v) is 7.40. The number of rotatable bonds is 5. The van der Waals surface area contributed by atoms with Crippen LogP contribution >= 0.6 is 0 Å². The molecule has 2 aromatic carbocycles. The SMILES string of the molecule is CCOC(=O)/C(C#N)=C/c1cccc(OC(=O)c2cccc(F)c2)c1. The number of benzene rings is 2. The quantitative estimate of drug-likeness (QED) is 0.360. The summed E-state index contributed by atoms with van der Waals surface area (Å²) >= 11 is 0. The zero-order valence-corrected chi connectivity index (χ0v) is 13.4. The lowest BCUT2D eigenvalue weighted by Gasteiger charge is -2.06. The molecule has 0 aliphatic carbocycles. The maximum atomic E-state index is 13.2. The first kappa shape index (κ1) is 17.9. The number of hydrogen-bond acceptors (Lipinski definition) is 5. The highest BCUT2D eigenvalue weighted by molar-refractivity contribution is 5.98. The zero-order valence-electron chi connectivity index (χ0n) is 13.4. The van der Waals surface area contributed by atoms with Crippen molar-refractivity contribution in [1.82, 2.24) is 0 Å². The fourth-order valence-corrected chi connectivity index (χ4v) is 1.96. The molecular weight excluding hydrogens is 325 g/mol. The molecule has 0 fully saturated rings. The van der Waals surface area contributed by atoms with Crippen LogP contribution in [0, 0.1) is 17.1 Å². The van der Waals surface area contributed by atoms with Crippen LogP contribution in [0.5, 0.6) is 5.75 Å². The summed E-state index contributed by atoms with van der Waals surface area (Å²) in [7, 11) is 0. The summed E-state index contributed by atoms with van der Waals surface area (Å²) < 4.78 is 23.1. The molecule has 126 valence electrons. The van der Waals surface area contributed by atoms with Gasteiger partial charge >= 0.3 is 11.9 Å². The summed E-state index contributed by atoms with van der Waals surface area (Å²) in [5.41, 5.74) is 0.384. The van der Waals surface area contributed by atoms with Crippen LogP contribution in [0.4, 0.5) is 4.39 Å². The van der Waals surface area contributed by atoms with Crippen molar-refractivity contribution in [3.05, 3.63) is 71.0 Å². The van der Waals surface area contributed by atoms with E-state index >= 15 is 0 Å². The van der Waals surface area contributed by atoms with Crippen molar-refractivity contribution in [3.8, 4) is 11.8 Å². The fourth-order valence-electron chi connectivity index (χ4n) is 1.96. The number of nitrogens with zero attached hydrogens (tertiary/aromatic N) is 1. The van der Waals surface area contributed by atoms with E-state index in [0.717, 1.165) is 6.07 Å². The third-order valence-corrected chi connectivity index (χ3v) is 3.06. The Labute approximate surface area is 143 Å². The van der Waals surface area contributed by atoms with Crippen LogP contribution in [0.3, 0.4) is 0 Å². The zero-order chi connectivity index (χ0) is 18.2. The monoisotopic (exact) mass is 339 g/mol. The molecule has 0 heterocycles. The van der Waals surface area contributed by atoms with E-state index in [-0.39, 0.29) is 23.5 Å². The van der Waals surface area contributed by atoms with Crippen LogP contribution < -0.4 is 4.74 Å². The van der Waals surface area contributed by atoms with Crippen LogP contribution in [-0.4, -0.2) is 18.5 Å². The van der Waals surface area contributed by atoms with Gasteiger partial charge in [0, 0.05) is 0 Å². The van der Waals surface area contributed by atoms with Gasteiger partial charge < -0.3 is 9.47 Å². The molecule has 0 aliphatic rings. The standard InChI is InChI=1S/C19H14FNO4/c1-2-24-18(22)15(12-21)9-13-5-3-8-17(10-13)25-19(23)14-6-4-7-16(20)11-14/h3-11H,2H2,1H3/b15-9+. The van der Waals surface area contributed by atoms with Gasteiger partial charge in [-0.05, 0) is 48.9 Å². The van der Waals surface area contributed by atoms with Gasteiger partial charge in [-0.15, -0.1) is 0 Å². The number of esters is 2. The summed E-state index contributed by atoms with van der Waals surface area (Å²) in [5, 5.41) is 9.03. The van der Waals surface area contributed by atoms with E-state index in [1.54, 1.807) is 25.1 Å². The van der Waals surface area contributed by atoms with E-state index in [9.17, 15) is 14.0 Å². The summed E-state index contributed by atoms with van der Waals surface area (Å²) in [6, 6.07) is 13.1. The molecule has 0 N–H and O–H groups in total. The fraction of sp³-hybridized carbons (Fsp3) is 0.105. The van der Waals surface area contributed by atoms with E-state index in [2.05, 4.69) is 0 Å². The lowest BCUT2D eigenvalue weighted by atomic mass is 10.1. The van der Waals surface area contributed by atoms with Gasteiger partial charge in [-0.1, -0.05) is 18.2 Å². The van der Waals surface area contributed by atoms with Crippen molar-refractivity contribution in [2.45, 2.75) is 6.92 Å². The third-order valence-electron chi connectivity index (χ3n) is 3.06. The number of halogens is 1. The molecule has 0 aromatic heterocycles. The molecule has 0 unspecified atom stereocenters. The van der Waals surface area contributed by atoms with Crippen LogP contribution in [0.2, 0.25) is 0 Å². The van der Waals surface area contributed by atoms with Crippen molar-refractivity contribution in [2.75, 3.05) is 6.61 Å². The van der Waals surface area contributed by atoms with Crippen LogP contribution in [0.1, 0.15) is 22.8 Å². The molecule has 5 nitrogen and oxygen atoms in total. The molecule has 6 heteroatoms. The Hall–Kier alpha value is -3.46. The van der Waals surface area contributed by atoms with E-state index in [0.29, 0.717) is 5.56 Å². The van der Waals surface area contributed by atoms with Gasteiger partial charge in [-0.25, -0.2) is 14.0 Å². The second kappa shape index (κ2) is 8.41. The lowest BCUT2D eigenvalue weighted by molar-refractivity contribution is -0.137. The topological polar surface area (TPSA) is 76.4 Å². The normalized spacial score (nSPS) is 10.7. The molecule has 2 rings (SSSR count). The van der Waals surface area contributed by atoms with E-state index in [4.69, 9.17) is 14.7 Å². The van der Waals surface area contributed by atoms with E-state index in [1.807, 2.05) is 0 Å².